The lowest BCUT2D eigenvalue weighted by Gasteiger charge is -2.18. The maximum atomic E-state index is 13.5. The number of nitriles is 1. The van der Waals surface area contributed by atoms with Crippen molar-refractivity contribution in [1.82, 2.24) is 0 Å². The van der Waals surface area contributed by atoms with Gasteiger partial charge in [0.2, 0.25) is 5.91 Å². The van der Waals surface area contributed by atoms with Crippen molar-refractivity contribution in [3.63, 3.8) is 0 Å². The Morgan fingerprint density at radius 2 is 1.76 bits per heavy atom. The van der Waals surface area contributed by atoms with Crippen LogP contribution in [0.5, 0.6) is 0 Å². The third-order valence-electron chi connectivity index (χ3n) is 5.06. The zero-order valence-corrected chi connectivity index (χ0v) is 21.4. The zero-order chi connectivity index (χ0) is 24.2. The van der Waals surface area contributed by atoms with Crippen LogP contribution in [0.2, 0.25) is 10.0 Å². The van der Waals surface area contributed by atoms with E-state index < -0.39 is 11.2 Å². The van der Waals surface area contributed by atoms with Crippen LogP contribution in [0.3, 0.4) is 0 Å². The average molecular weight is 573 g/mol. The number of nitrogens with zero attached hydrogens (tertiary/aromatic N) is 2. The van der Waals surface area contributed by atoms with Gasteiger partial charge >= 0.3 is 0 Å². The van der Waals surface area contributed by atoms with Gasteiger partial charge in [-0.15, -0.1) is 0 Å². The van der Waals surface area contributed by atoms with Crippen LogP contribution in [-0.2, 0) is 16.0 Å². The summed E-state index contributed by atoms with van der Waals surface area (Å²) in [6.07, 6.45) is 0.294. The summed E-state index contributed by atoms with van der Waals surface area (Å²) in [4.78, 5) is 28.0. The van der Waals surface area contributed by atoms with Gasteiger partial charge in [0.1, 0.15) is 16.7 Å². The number of nitrogens with one attached hydrogen (secondary N) is 1. The van der Waals surface area contributed by atoms with Crippen molar-refractivity contribution in [2.45, 2.75) is 11.7 Å². The first kappa shape index (κ1) is 24.4. The van der Waals surface area contributed by atoms with E-state index in [1.165, 1.54) is 16.7 Å². The molecule has 0 radical (unpaired) electrons. The number of para-hydroxylation sites is 1. The molecule has 0 aliphatic carbocycles. The topological polar surface area (TPSA) is 73.2 Å². The van der Waals surface area contributed by atoms with Gasteiger partial charge in [0.25, 0.3) is 5.91 Å². The number of rotatable bonds is 5. The predicted molar refractivity (Wildman–Crippen MR) is 141 cm³/mol. The summed E-state index contributed by atoms with van der Waals surface area (Å²) >= 11 is 17.0. The number of hydrogen-bond acceptors (Lipinski definition) is 4. The molecule has 0 saturated carbocycles. The Labute approximate surface area is 219 Å². The molecule has 0 bridgehead atoms. The van der Waals surface area contributed by atoms with Crippen LogP contribution in [0.15, 0.2) is 87.9 Å². The Kier molecular flexibility index (Phi) is 7.64. The highest BCUT2D eigenvalue weighted by Crippen LogP contribution is 2.43. The molecule has 34 heavy (non-hydrogen) atoms. The van der Waals surface area contributed by atoms with Crippen LogP contribution in [0.25, 0.3) is 0 Å². The molecule has 1 N–H and O–H groups in total. The number of halogens is 3. The van der Waals surface area contributed by atoms with E-state index in [-0.39, 0.29) is 16.5 Å². The highest BCUT2D eigenvalue weighted by molar-refractivity contribution is 9.10. The molecule has 1 unspecified atom stereocenters. The Balaban J connectivity index is 1.72. The molecule has 0 spiro atoms. The molecule has 170 valence electrons. The lowest BCUT2D eigenvalue weighted by molar-refractivity contribution is -0.117. The van der Waals surface area contributed by atoms with Crippen LogP contribution >= 0.6 is 50.9 Å². The van der Waals surface area contributed by atoms with Crippen molar-refractivity contribution < 1.29 is 9.59 Å². The lowest BCUT2D eigenvalue weighted by atomic mass is 10.1. The molecule has 1 atom stereocenters. The summed E-state index contributed by atoms with van der Waals surface area (Å²) in [5, 5.41) is 13.1. The van der Waals surface area contributed by atoms with E-state index in [4.69, 9.17) is 23.2 Å². The third-order valence-corrected chi connectivity index (χ3v) is 7.71. The SMILES string of the molecule is N#C/C(C(=O)Nc1ccc(Br)cc1)=C1/SC(Cc2cccc(Cl)c2Cl)C(=O)N1c1ccccc1. The van der Waals surface area contributed by atoms with Gasteiger partial charge in [-0.1, -0.05) is 81.2 Å². The summed E-state index contributed by atoms with van der Waals surface area (Å²) in [6.45, 7) is 0. The van der Waals surface area contributed by atoms with Gasteiger partial charge in [-0.2, -0.15) is 5.26 Å². The lowest BCUT2D eigenvalue weighted by Crippen LogP contribution is -2.30. The molecule has 5 nitrogen and oxygen atoms in total. The third kappa shape index (κ3) is 5.16. The van der Waals surface area contributed by atoms with Crippen molar-refractivity contribution in [3.8, 4) is 6.07 Å². The van der Waals surface area contributed by atoms with Gasteiger partial charge in [0.05, 0.1) is 15.3 Å². The van der Waals surface area contributed by atoms with Crippen molar-refractivity contribution in [2.75, 3.05) is 10.2 Å². The molecule has 1 aliphatic rings. The van der Waals surface area contributed by atoms with E-state index >= 15 is 0 Å². The van der Waals surface area contributed by atoms with E-state index in [9.17, 15) is 14.9 Å². The number of carbonyl (C=O) groups is 2. The van der Waals surface area contributed by atoms with Crippen LogP contribution < -0.4 is 10.2 Å². The first-order valence-electron chi connectivity index (χ1n) is 10.1. The number of hydrogen-bond donors (Lipinski definition) is 1. The average Bonchev–Trinajstić information content (AvgIpc) is 3.15. The molecule has 3 aromatic carbocycles. The van der Waals surface area contributed by atoms with Gasteiger partial charge in [-0.25, -0.2) is 0 Å². The number of benzene rings is 3. The number of thioether (sulfide) groups is 1. The smallest absolute Gasteiger partial charge is 0.269 e. The molecule has 1 heterocycles. The second-order valence-electron chi connectivity index (χ2n) is 7.29. The number of carbonyl (C=O) groups excluding carboxylic acids is 2. The number of amides is 2. The first-order chi connectivity index (χ1) is 16.4. The Morgan fingerprint density at radius 3 is 2.44 bits per heavy atom. The fourth-order valence-electron chi connectivity index (χ4n) is 3.43. The van der Waals surface area contributed by atoms with Crippen molar-refractivity contribution in [2.24, 2.45) is 0 Å². The van der Waals surface area contributed by atoms with Crippen LogP contribution in [0.4, 0.5) is 11.4 Å². The minimum absolute atomic E-state index is 0.148. The highest BCUT2D eigenvalue weighted by atomic mass is 79.9. The van der Waals surface area contributed by atoms with E-state index in [0.29, 0.717) is 33.4 Å². The van der Waals surface area contributed by atoms with E-state index in [1.807, 2.05) is 18.2 Å². The van der Waals surface area contributed by atoms with E-state index in [0.717, 1.165) is 4.47 Å². The van der Waals surface area contributed by atoms with Crippen molar-refractivity contribution in [1.29, 1.82) is 5.26 Å². The Bertz CT molecular complexity index is 1320. The standard InChI is InChI=1S/C25H16BrCl2N3O2S/c26-16-9-11-17(12-10-16)30-23(32)19(14-29)25-31(18-6-2-1-3-7-18)24(33)21(34-25)13-15-5-4-8-20(27)22(15)28/h1-12,21H,13H2,(H,30,32)/b25-19-. The van der Waals surface area contributed by atoms with Crippen LogP contribution in [0, 0.1) is 11.3 Å². The van der Waals surface area contributed by atoms with E-state index in [2.05, 4.69) is 21.2 Å². The largest absolute Gasteiger partial charge is 0.321 e. The molecular weight excluding hydrogens is 557 g/mol. The minimum atomic E-state index is -0.595. The summed E-state index contributed by atoms with van der Waals surface area (Å²) in [5.41, 5.74) is 1.67. The zero-order valence-electron chi connectivity index (χ0n) is 17.5. The van der Waals surface area contributed by atoms with Crippen molar-refractivity contribution >= 4 is 74.1 Å². The van der Waals surface area contributed by atoms with Gasteiger partial charge in [-0.3, -0.25) is 14.5 Å². The Hall–Kier alpha value is -2.76. The highest BCUT2D eigenvalue weighted by Gasteiger charge is 2.41. The summed E-state index contributed by atoms with van der Waals surface area (Å²) < 4.78 is 0.860. The second-order valence-corrected chi connectivity index (χ2v) is 10.2. The van der Waals surface area contributed by atoms with Gasteiger partial charge in [0, 0.05) is 15.8 Å². The Morgan fingerprint density at radius 1 is 1.06 bits per heavy atom. The number of anilines is 2. The fourth-order valence-corrected chi connectivity index (χ4v) is 5.39. The van der Waals surface area contributed by atoms with E-state index in [1.54, 1.807) is 60.7 Å². The molecule has 1 saturated heterocycles. The molecule has 9 heteroatoms. The first-order valence-corrected chi connectivity index (χ1v) is 12.5. The monoisotopic (exact) mass is 571 g/mol. The van der Waals surface area contributed by atoms with Crippen molar-refractivity contribution in [3.05, 3.63) is 103 Å². The second kappa shape index (κ2) is 10.7. The quantitative estimate of drug-likeness (QED) is 0.269. The minimum Gasteiger partial charge on any atom is -0.321 e. The van der Waals surface area contributed by atoms with Gasteiger partial charge in [0.15, 0.2) is 0 Å². The molecule has 2 amide bonds. The fraction of sp³-hybridized carbons (Fsp3) is 0.0800. The van der Waals surface area contributed by atoms with Crippen LogP contribution in [0.1, 0.15) is 5.56 Å². The molecule has 1 fully saturated rings. The molecule has 4 rings (SSSR count). The van der Waals surface area contributed by atoms with Gasteiger partial charge in [-0.05, 0) is 54.4 Å². The molecule has 3 aromatic rings. The molecular formula is C25H16BrCl2N3O2S. The predicted octanol–water partition coefficient (Wildman–Crippen LogP) is 6.82. The molecule has 1 aliphatic heterocycles. The molecule has 0 aromatic heterocycles. The summed E-state index contributed by atoms with van der Waals surface area (Å²) in [6, 6.07) is 23.2. The maximum absolute atomic E-state index is 13.5. The summed E-state index contributed by atoms with van der Waals surface area (Å²) in [5.74, 6) is -0.839. The summed E-state index contributed by atoms with van der Waals surface area (Å²) in [7, 11) is 0. The maximum Gasteiger partial charge on any atom is 0.269 e. The normalized spacial score (nSPS) is 16.8. The van der Waals surface area contributed by atoms with Crippen LogP contribution in [-0.4, -0.2) is 17.1 Å². The van der Waals surface area contributed by atoms with Gasteiger partial charge < -0.3 is 5.32 Å².